The second-order valence-corrected chi connectivity index (χ2v) is 5.68. The van der Waals surface area contributed by atoms with E-state index >= 15 is 0 Å². The van der Waals surface area contributed by atoms with Crippen molar-refractivity contribution in [2.75, 3.05) is 0 Å². The van der Waals surface area contributed by atoms with E-state index in [0.29, 0.717) is 0 Å². The third-order valence-electron chi connectivity index (χ3n) is 3.91. The predicted octanol–water partition coefficient (Wildman–Crippen LogP) is 2.98. The lowest BCUT2D eigenvalue weighted by atomic mass is 9.94. The summed E-state index contributed by atoms with van der Waals surface area (Å²) in [5, 5.41) is 2.54. The van der Waals surface area contributed by atoms with E-state index < -0.39 is 17.3 Å². The van der Waals surface area contributed by atoms with E-state index in [1.807, 2.05) is 0 Å². The Balaban J connectivity index is 1.95. The number of carbonyl (C=O) groups excluding carboxylic acids is 1. The maximum atomic E-state index is 12.8. The molecule has 6 heteroatoms. The second kappa shape index (κ2) is 6.05. The van der Waals surface area contributed by atoms with Gasteiger partial charge in [-0.1, -0.05) is 31.0 Å². The molecule has 0 heterocycles. The molecule has 1 aliphatic carbocycles. The number of benzene rings is 1. The third-order valence-corrected chi connectivity index (χ3v) is 3.91. The first-order chi connectivity index (χ1) is 9.80. The SMILES string of the molecule is NC1(CC(=O)NCc2ccccc2C(F)(F)F)CCCC1. The number of nitrogens with two attached hydrogens (primary N) is 1. The molecule has 0 atom stereocenters. The summed E-state index contributed by atoms with van der Waals surface area (Å²) in [5.41, 5.74) is 4.95. The van der Waals surface area contributed by atoms with Gasteiger partial charge in [0.1, 0.15) is 0 Å². The molecular weight excluding hydrogens is 281 g/mol. The van der Waals surface area contributed by atoms with Crippen molar-refractivity contribution in [1.82, 2.24) is 5.32 Å². The van der Waals surface area contributed by atoms with Gasteiger partial charge in [0.15, 0.2) is 0 Å². The zero-order valence-electron chi connectivity index (χ0n) is 11.7. The van der Waals surface area contributed by atoms with Gasteiger partial charge in [0.05, 0.1) is 5.56 Å². The molecule has 0 radical (unpaired) electrons. The van der Waals surface area contributed by atoms with E-state index in [-0.39, 0.29) is 24.4 Å². The number of hydrogen-bond donors (Lipinski definition) is 2. The van der Waals surface area contributed by atoms with Crippen LogP contribution in [0.5, 0.6) is 0 Å². The lowest BCUT2D eigenvalue weighted by Crippen LogP contribution is -2.42. The molecule has 1 amide bonds. The molecule has 3 nitrogen and oxygen atoms in total. The molecule has 0 bridgehead atoms. The molecule has 0 unspecified atom stereocenters. The molecule has 1 fully saturated rings. The smallest absolute Gasteiger partial charge is 0.352 e. The summed E-state index contributed by atoms with van der Waals surface area (Å²) in [7, 11) is 0. The van der Waals surface area contributed by atoms with E-state index in [4.69, 9.17) is 5.73 Å². The number of amides is 1. The molecule has 0 aromatic heterocycles. The summed E-state index contributed by atoms with van der Waals surface area (Å²) in [6.07, 6.45) is -0.663. The average Bonchev–Trinajstić information content (AvgIpc) is 2.82. The van der Waals surface area contributed by atoms with Crippen LogP contribution in [0.2, 0.25) is 0 Å². The quantitative estimate of drug-likeness (QED) is 0.898. The molecule has 0 saturated heterocycles. The Kier molecular flexibility index (Phi) is 4.56. The number of hydrogen-bond acceptors (Lipinski definition) is 2. The van der Waals surface area contributed by atoms with E-state index in [2.05, 4.69) is 5.32 Å². The highest BCUT2D eigenvalue weighted by Gasteiger charge is 2.34. The maximum absolute atomic E-state index is 12.8. The van der Waals surface area contributed by atoms with Gasteiger partial charge in [-0.3, -0.25) is 4.79 Å². The minimum atomic E-state index is -4.41. The fourth-order valence-corrected chi connectivity index (χ4v) is 2.78. The molecular formula is C15H19F3N2O. The first kappa shape index (κ1) is 15.8. The van der Waals surface area contributed by atoms with Crippen molar-refractivity contribution in [3.05, 3.63) is 35.4 Å². The lowest BCUT2D eigenvalue weighted by molar-refractivity contribution is -0.138. The minimum Gasteiger partial charge on any atom is -0.352 e. The highest BCUT2D eigenvalue weighted by Crippen LogP contribution is 2.32. The first-order valence-corrected chi connectivity index (χ1v) is 7.01. The molecule has 0 aliphatic heterocycles. The fourth-order valence-electron chi connectivity index (χ4n) is 2.78. The molecule has 0 spiro atoms. The van der Waals surface area contributed by atoms with Crippen molar-refractivity contribution >= 4 is 5.91 Å². The van der Waals surface area contributed by atoms with Gasteiger partial charge in [-0.2, -0.15) is 13.2 Å². The molecule has 1 aromatic carbocycles. The van der Waals surface area contributed by atoms with Crippen LogP contribution in [0.15, 0.2) is 24.3 Å². The number of alkyl halides is 3. The van der Waals surface area contributed by atoms with E-state index in [9.17, 15) is 18.0 Å². The standard InChI is InChI=1S/C15H19F3N2O/c16-15(17,18)12-6-2-1-5-11(12)10-20-13(21)9-14(19)7-3-4-8-14/h1-2,5-6H,3-4,7-10,19H2,(H,20,21). The third kappa shape index (κ3) is 4.20. The first-order valence-electron chi connectivity index (χ1n) is 7.01. The molecule has 1 aromatic rings. The Hall–Kier alpha value is -1.56. The molecule has 2 rings (SSSR count). The Labute approximate surface area is 121 Å². The summed E-state index contributed by atoms with van der Waals surface area (Å²) in [6, 6.07) is 5.25. The van der Waals surface area contributed by atoms with Crippen molar-refractivity contribution < 1.29 is 18.0 Å². The van der Waals surface area contributed by atoms with Gasteiger partial charge in [0, 0.05) is 18.5 Å². The summed E-state index contributed by atoms with van der Waals surface area (Å²) in [5.74, 6) is -0.295. The van der Waals surface area contributed by atoms with Gasteiger partial charge < -0.3 is 11.1 Å². The highest BCUT2D eigenvalue weighted by atomic mass is 19.4. The predicted molar refractivity (Wildman–Crippen MR) is 73.3 cm³/mol. The number of halogens is 3. The molecule has 3 N–H and O–H groups in total. The number of nitrogens with one attached hydrogen (secondary N) is 1. The largest absolute Gasteiger partial charge is 0.416 e. The van der Waals surface area contributed by atoms with Crippen LogP contribution < -0.4 is 11.1 Å². The topological polar surface area (TPSA) is 55.1 Å². The monoisotopic (exact) mass is 300 g/mol. The van der Waals surface area contributed by atoms with E-state index in [1.54, 1.807) is 0 Å². The highest BCUT2D eigenvalue weighted by molar-refractivity contribution is 5.77. The van der Waals surface area contributed by atoms with Crippen molar-refractivity contribution in [2.45, 2.75) is 50.4 Å². The Morgan fingerprint density at radius 1 is 1.24 bits per heavy atom. The zero-order valence-corrected chi connectivity index (χ0v) is 11.7. The second-order valence-electron chi connectivity index (χ2n) is 5.68. The Bertz CT molecular complexity index is 508. The number of carbonyl (C=O) groups is 1. The molecule has 21 heavy (non-hydrogen) atoms. The lowest BCUT2D eigenvalue weighted by Gasteiger charge is -2.22. The summed E-state index contributed by atoms with van der Waals surface area (Å²) >= 11 is 0. The van der Waals surface area contributed by atoms with Gasteiger partial charge in [0.25, 0.3) is 0 Å². The van der Waals surface area contributed by atoms with Crippen LogP contribution in [-0.2, 0) is 17.5 Å². The van der Waals surface area contributed by atoms with Gasteiger partial charge in [-0.25, -0.2) is 0 Å². The van der Waals surface area contributed by atoms with Gasteiger partial charge in [-0.15, -0.1) is 0 Å². The molecule has 116 valence electrons. The maximum Gasteiger partial charge on any atom is 0.416 e. The summed E-state index contributed by atoms with van der Waals surface area (Å²) in [6.45, 7) is -0.134. The number of rotatable bonds is 4. The Morgan fingerprint density at radius 3 is 2.48 bits per heavy atom. The molecule has 1 aliphatic rings. The van der Waals surface area contributed by atoms with Gasteiger partial charge in [-0.05, 0) is 24.5 Å². The minimum absolute atomic E-state index is 0.0656. The van der Waals surface area contributed by atoms with E-state index in [0.717, 1.165) is 31.7 Å². The van der Waals surface area contributed by atoms with Crippen molar-refractivity contribution in [3.63, 3.8) is 0 Å². The molecule has 1 saturated carbocycles. The van der Waals surface area contributed by atoms with Crippen molar-refractivity contribution in [3.8, 4) is 0 Å². The fraction of sp³-hybridized carbons (Fsp3) is 0.533. The van der Waals surface area contributed by atoms with Crippen molar-refractivity contribution in [1.29, 1.82) is 0 Å². The van der Waals surface area contributed by atoms with E-state index in [1.165, 1.54) is 18.2 Å². The van der Waals surface area contributed by atoms with Crippen LogP contribution in [0.25, 0.3) is 0 Å². The Morgan fingerprint density at radius 2 is 1.86 bits per heavy atom. The zero-order chi connectivity index (χ0) is 15.5. The van der Waals surface area contributed by atoms with Gasteiger partial charge >= 0.3 is 6.18 Å². The van der Waals surface area contributed by atoms with Crippen LogP contribution in [0.4, 0.5) is 13.2 Å². The normalized spacial score (nSPS) is 17.7. The summed E-state index contributed by atoms with van der Waals surface area (Å²) in [4.78, 5) is 11.9. The van der Waals surface area contributed by atoms with Crippen LogP contribution in [0, 0.1) is 0 Å². The summed E-state index contributed by atoms with van der Waals surface area (Å²) < 4.78 is 38.5. The van der Waals surface area contributed by atoms with Crippen LogP contribution in [0.3, 0.4) is 0 Å². The van der Waals surface area contributed by atoms with Crippen LogP contribution in [0.1, 0.15) is 43.2 Å². The van der Waals surface area contributed by atoms with Crippen LogP contribution >= 0.6 is 0 Å². The van der Waals surface area contributed by atoms with Gasteiger partial charge in [0.2, 0.25) is 5.91 Å². The van der Waals surface area contributed by atoms with Crippen molar-refractivity contribution in [2.24, 2.45) is 5.73 Å². The average molecular weight is 300 g/mol. The van der Waals surface area contributed by atoms with Crippen LogP contribution in [-0.4, -0.2) is 11.4 Å².